The van der Waals surface area contributed by atoms with Crippen molar-refractivity contribution in [2.45, 2.75) is 31.7 Å². The highest BCUT2D eigenvalue weighted by atomic mass is 16.5. The van der Waals surface area contributed by atoms with Crippen molar-refractivity contribution in [3.8, 4) is 22.8 Å². The van der Waals surface area contributed by atoms with E-state index in [2.05, 4.69) is 15.5 Å². The van der Waals surface area contributed by atoms with E-state index in [4.69, 9.17) is 14.0 Å². The highest BCUT2D eigenvalue weighted by Crippen LogP contribution is 2.34. The lowest BCUT2D eigenvalue weighted by Crippen LogP contribution is -2.52. The highest BCUT2D eigenvalue weighted by molar-refractivity contribution is 5.97. The molecule has 9 nitrogen and oxygen atoms in total. The van der Waals surface area contributed by atoms with Crippen LogP contribution >= 0.6 is 0 Å². The van der Waals surface area contributed by atoms with Gasteiger partial charge in [0.1, 0.15) is 17.5 Å². The topological polar surface area (TPSA) is 107 Å². The fourth-order valence-electron chi connectivity index (χ4n) is 4.08. The van der Waals surface area contributed by atoms with Gasteiger partial charge in [0, 0.05) is 37.5 Å². The van der Waals surface area contributed by atoms with Gasteiger partial charge in [-0.05, 0) is 49.6 Å². The zero-order valence-corrected chi connectivity index (χ0v) is 19.3. The molecule has 3 heterocycles. The molecule has 0 saturated carbocycles. The van der Waals surface area contributed by atoms with Crippen LogP contribution in [0, 0.1) is 0 Å². The number of carbonyl (C=O) groups excluding carboxylic acids is 2. The number of hydrogen-bond donors (Lipinski definition) is 1. The van der Waals surface area contributed by atoms with Gasteiger partial charge in [0.05, 0.1) is 19.8 Å². The number of nitrogens with zero attached hydrogens (tertiary/aromatic N) is 3. The summed E-state index contributed by atoms with van der Waals surface area (Å²) < 4.78 is 16.2. The van der Waals surface area contributed by atoms with Crippen molar-refractivity contribution in [2.75, 3.05) is 27.3 Å². The molecule has 1 aliphatic rings. The Hall–Kier alpha value is -3.88. The summed E-state index contributed by atoms with van der Waals surface area (Å²) in [6.45, 7) is 0.944. The summed E-state index contributed by atoms with van der Waals surface area (Å²) in [6.07, 6.45) is 4.68. The van der Waals surface area contributed by atoms with Crippen LogP contribution in [-0.4, -0.2) is 60.2 Å². The summed E-state index contributed by atoms with van der Waals surface area (Å²) >= 11 is 0. The molecule has 34 heavy (non-hydrogen) atoms. The van der Waals surface area contributed by atoms with Gasteiger partial charge in [-0.25, -0.2) is 0 Å². The van der Waals surface area contributed by atoms with E-state index in [0.717, 1.165) is 18.5 Å². The highest BCUT2D eigenvalue weighted by Gasteiger charge is 2.34. The second-order valence-corrected chi connectivity index (χ2v) is 8.01. The summed E-state index contributed by atoms with van der Waals surface area (Å²) in [4.78, 5) is 32.1. The Morgan fingerprint density at radius 2 is 2.03 bits per heavy atom. The third-order valence-electron chi connectivity index (χ3n) is 5.87. The van der Waals surface area contributed by atoms with E-state index >= 15 is 0 Å². The first kappa shape index (κ1) is 23.3. The van der Waals surface area contributed by atoms with Crippen molar-refractivity contribution >= 4 is 11.8 Å². The van der Waals surface area contributed by atoms with E-state index in [1.807, 2.05) is 18.2 Å². The number of rotatable bonds is 8. The van der Waals surface area contributed by atoms with Crippen LogP contribution in [0.15, 0.2) is 53.2 Å². The Kier molecular flexibility index (Phi) is 7.41. The molecular weight excluding hydrogens is 436 g/mol. The number of amides is 2. The van der Waals surface area contributed by atoms with E-state index < -0.39 is 6.04 Å². The smallest absolute Gasteiger partial charge is 0.276 e. The molecule has 0 spiro atoms. The molecule has 1 fully saturated rings. The summed E-state index contributed by atoms with van der Waals surface area (Å²) in [5.41, 5.74) is 1.67. The zero-order valence-electron chi connectivity index (χ0n) is 19.3. The number of carbonyl (C=O) groups is 2. The Bertz CT molecular complexity index is 1130. The third kappa shape index (κ3) is 5.19. The minimum atomic E-state index is -0.545. The van der Waals surface area contributed by atoms with Crippen LogP contribution in [0.1, 0.15) is 35.4 Å². The molecule has 1 saturated heterocycles. The number of ether oxygens (including phenoxy) is 2. The first-order chi connectivity index (χ1) is 16.6. The summed E-state index contributed by atoms with van der Waals surface area (Å²) in [6, 6.07) is 12.0. The first-order valence-corrected chi connectivity index (χ1v) is 11.3. The summed E-state index contributed by atoms with van der Waals surface area (Å²) in [5.74, 6) is 1.08. The third-order valence-corrected chi connectivity index (χ3v) is 5.87. The van der Waals surface area contributed by atoms with Gasteiger partial charge in [-0.2, -0.15) is 0 Å². The molecule has 9 heteroatoms. The molecule has 3 aromatic rings. The van der Waals surface area contributed by atoms with E-state index in [9.17, 15) is 9.59 Å². The molecule has 2 amide bonds. The van der Waals surface area contributed by atoms with E-state index in [0.29, 0.717) is 48.8 Å². The number of piperidine rings is 1. The molecule has 0 radical (unpaired) electrons. The van der Waals surface area contributed by atoms with Gasteiger partial charge in [0.2, 0.25) is 5.91 Å². The largest absolute Gasteiger partial charge is 0.497 e. The summed E-state index contributed by atoms with van der Waals surface area (Å²) in [7, 11) is 3.12. The maximum absolute atomic E-state index is 13.3. The van der Waals surface area contributed by atoms with Crippen LogP contribution in [0.3, 0.4) is 0 Å². The van der Waals surface area contributed by atoms with Crippen molar-refractivity contribution in [2.24, 2.45) is 0 Å². The van der Waals surface area contributed by atoms with Crippen LogP contribution in [0.4, 0.5) is 0 Å². The average molecular weight is 465 g/mol. The van der Waals surface area contributed by atoms with Gasteiger partial charge in [0.25, 0.3) is 5.91 Å². The fraction of sp³-hybridized carbons (Fsp3) is 0.360. The van der Waals surface area contributed by atoms with Crippen molar-refractivity contribution in [1.82, 2.24) is 20.4 Å². The molecule has 178 valence electrons. The van der Waals surface area contributed by atoms with Gasteiger partial charge in [-0.1, -0.05) is 11.2 Å². The van der Waals surface area contributed by atoms with Crippen molar-refractivity contribution in [1.29, 1.82) is 0 Å². The van der Waals surface area contributed by atoms with Crippen LogP contribution in [0.2, 0.25) is 0 Å². The maximum Gasteiger partial charge on any atom is 0.276 e. The quantitative estimate of drug-likeness (QED) is 0.546. The second-order valence-electron chi connectivity index (χ2n) is 8.01. The summed E-state index contributed by atoms with van der Waals surface area (Å²) in [5, 5.41) is 6.94. The van der Waals surface area contributed by atoms with Crippen molar-refractivity contribution < 1.29 is 23.6 Å². The van der Waals surface area contributed by atoms with Gasteiger partial charge in [0.15, 0.2) is 11.5 Å². The normalized spacial score (nSPS) is 15.6. The SMILES string of the molecule is COc1ccc(OC)c(-c2cc(C(=O)N3CCCCC3C(=O)NCCc3ccccn3)no2)c1. The molecule has 2 aromatic heterocycles. The lowest BCUT2D eigenvalue weighted by Gasteiger charge is -2.34. The number of likely N-dealkylation sites (tertiary alicyclic amines) is 1. The lowest BCUT2D eigenvalue weighted by atomic mass is 10.0. The second kappa shape index (κ2) is 10.8. The first-order valence-electron chi connectivity index (χ1n) is 11.3. The Morgan fingerprint density at radius 1 is 1.15 bits per heavy atom. The predicted octanol–water partition coefficient (Wildman–Crippen LogP) is 3.11. The van der Waals surface area contributed by atoms with Crippen LogP contribution in [0.25, 0.3) is 11.3 Å². The van der Waals surface area contributed by atoms with Crippen molar-refractivity contribution in [3.63, 3.8) is 0 Å². The lowest BCUT2D eigenvalue weighted by molar-refractivity contribution is -0.126. The van der Waals surface area contributed by atoms with E-state index in [-0.39, 0.29) is 17.5 Å². The monoisotopic (exact) mass is 464 g/mol. The van der Waals surface area contributed by atoms with Gasteiger partial charge >= 0.3 is 0 Å². The molecule has 1 N–H and O–H groups in total. The Labute approximate surface area is 198 Å². The zero-order chi connectivity index (χ0) is 23.9. The fourth-order valence-corrected chi connectivity index (χ4v) is 4.08. The van der Waals surface area contributed by atoms with Crippen molar-refractivity contribution in [3.05, 3.63) is 60.0 Å². The average Bonchev–Trinajstić information content (AvgIpc) is 3.38. The minimum Gasteiger partial charge on any atom is -0.497 e. The molecular formula is C25H28N4O5. The molecule has 1 atom stereocenters. The van der Waals surface area contributed by atoms with E-state index in [1.54, 1.807) is 49.6 Å². The molecule has 0 aliphatic carbocycles. The maximum atomic E-state index is 13.3. The number of nitrogens with one attached hydrogen (secondary N) is 1. The van der Waals surface area contributed by atoms with Crippen LogP contribution in [0.5, 0.6) is 11.5 Å². The van der Waals surface area contributed by atoms with Gasteiger partial charge in [-0.3, -0.25) is 14.6 Å². The number of benzene rings is 1. The number of aromatic nitrogens is 2. The van der Waals surface area contributed by atoms with Crippen LogP contribution in [-0.2, 0) is 11.2 Å². The molecule has 4 rings (SSSR count). The minimum absolute atomic E-state index is 0.146. The number of methoxy groups -OCH3 is 2. The Balaban J connectivity index is 1.46. The predicted molar refractivity (Wildman–Crippen MR) is 125 cm³/mol. The van der Waals surface area contributed by atoms with Gasteiger partial charge < -0.3 is 24.2 Å². The Morgan fingerprint density at radius 3 is 2.79 bits per heavy atom. The molecule has 1 aromatic carbocycles. The standard InChI is InChI=1S/C25H28N4O5/c1-32-18-9-10-22(33-2)19(15-18)23-16-20(28-34-23)25(31)29-14-6-4-8-21(29)24(30)27-13-11-17-7-3-5-12-26-17/h3,5,7,9-10,12,15-16,21H,4,6,8,11,13-14H2,1-2H3,(H,27,30). The van der Waals surface area contributed by atoms with E-state index in [1.165, 1.54) is 0 Å². The van der Waals surface area contributed by atoms with Crippen LogP contribution < -0.4 is 14.8 Å². The number of pyridine rings is 1. The molecule has 0 bridgehead atoms. The number of hydrogen-bond acceptors (Lipinski definition) is 7. The molecule has 1 unspecified atom stereocenters. The molecule has 1 aliphatic heterocycles. The van der Waals surface area contributed by atoms with Gasteiger partial charge in [-0.15, -0.1) is 0 Å².